The maximum absolute atomic E-state index is 9.06. The zero-order valence-electron chi connectivity index (χ0n) is 27.0. The second-order valence-corrected chi connectivity index (χ2v) is 15.5. The fourth-order valence-electron chi connectivity index (χ4n) is 8.91. The molecule has 2 bridgehead atoms. The SMILES string of the molecule is C=CC=O.Cc1c(-c2c(Cl)c(Cl)cc(N)c2C=N)c(N2CCC(CN3CC4CC(C3)O4)CC2(C)C)nn1C1CC2(C1)CN(C)C2. The third kappa shape index (κ3) is 5.95. The highest BCUT2D eigenvalue weighted by atomic mass is 35.5. The minimum Gasteiger partial charge on any atom is -0.398 e. The first-order chi connectivity index (χ1) is 21.4. The molecule has 45 heavy (non-hydrogen) atoms. The number of ether oxygens (including phenoxy) is 1. The molecule has 6 heterocycles. The first-order valence-corrected chi connectivity index (χ1v) is 16.9. The number of fused-ring (bicyclic) bond motifs is 2. The quantitative estimate of drug-likeness (QED) is 0.167. The Labute approximate surface area is 277 Å². The van der Waals surface area contributed by atoms with E-state index < -0.39 is 0 Å². The van der Waals surface area contributed by atoms with Gasteiger partial charge in [-0.25, -0.2) is 0 Å². The number of aldehydes is 1. The van der Waals surface area contributed by atoms with Gasteiger partial charge >= 0.3 is 0 Å². The molecule has 3 atom stereocenters. The number of nitrogens with two attached hydrogens (primary N) is 1. The molecule has 5 aliphatic heterocycles. The number of nitrogen functional groups attached to an aromatic ring is 1. The molecule has 1 saturated carbocycles. The topological polar surface area (TPSA) is 104 Å². The van der Waals surface area contributed by atoms with E-state index in [-0.39, 0.29) is 5.54 Å². The van der Waals surface area contributed by atoms with Gasteiger partial charge in [0.2, 0.25) is 0 Å². The zero-order chi connectivity index (χ0) is 32.3. The number of anilines is 2. The number of hydrogen-bond acceptors (Lipinski definition) is 8. The van der Waals surface area contributed by atoms with E-state index >= 15 is 0 Å². The Balaban J connectivity index is 0.000000845. The smallest absolute Gasteiger partial charge is 0.159 e. The minimum absolute atomic E-state index is 0.0997. The van der Waals surface area contributed by atoms with Crippen LogP contribution in [0.5, 0.6) is 0 Å². The first-order valence-electron chi connectivity index (χ1n) is 16.2. The Morgan fingerprint density at radius 2 is 1.82 bits per heavy atom. The van der Waals surface area contributed by atoms with Gasteiger partial charge in [-0.15, -0.1) is 0 Å². The molecule has 1 aromatic carbocycles. The predicted molar refractivity (Wildman–Crippen MR) is 183 cm³/mol. The van der Waals surface area contributed by atoms with Crippen molar-refractivity contribution in [3.8, 4) is 11.1 Å². The number of carbonyl (C=O) groups is 1. The monoisotopic (exact) mass is 655 g/mol. The number of aromatic nitrogens is 2. The van der Waals surface area contributed by atoms with Crippen LogP contribution < -0.4 is 10.6 Å². The van der Waals surface area contributed by atoms with Crippen LogP contribution in [0.25, 0.3) is 11.1 Å². The van der Waals surface area contributed by atoms with Crippen molar-refractivity contribution in [1.82, 2.24) is 19.6 Å². The molecule has 3 unspecified atom stereocenters. The second kappa shape index (κ2) is 12.3. The molecule has 0 amide bonds. The maximum Gasteiger partial charge on any atom is 0.159 e. The molecule has 0 radical (unpaired) electrons. The fraction of sp³-hybridized carbons (Fsp3) is 0.618. The number of nitrogens with zero attached hydrogens (tertiary/aromatic N) is 5. The van der Waals surface area contributed by atoms with E-state index in [1.807, 2.05) is 0 Å². The Bertz CT molecular complexity index is 1450. The average molecular weight is 657 g/mol. The fourth-order valence-corrected chi connectivity index (χ4v) is 9.37. The summed E-state index contributed by atoms with van der Waals surface area (Å²) in [6, 6.07) is 2.02. The van der Waals surface area contributed by atoms with Crippen LogP contribution in [0.15, 0.2) is 18.7 Å². The Morgan fingerprint density at radius 1 is 1.18 bits per heavy atom. The molecule has 9 nitrogen and oxygen atoms in total. The minimum atomic E-state index is -0.0997. The third-order valence-electron chi connectivity index (χ3n) is 10.7. The summed E-state index contributed by atoms with van der Waals surface area (Å²) in [7, 11) is 2.20. The lowest BCUT2D eigenvalue weighted by molar-refractivity contribution is -0.182. The Hall–Kier alpha value is -2.43. The van der Waals surface area contributed by atoms with E-state index in [1.54, 1.807) is 6.07 Å². The van der Waals surface area contributed by atoms with Crippen molar-refractivity contribution in [3.63, 3.8) is 0 Å². The highest BCUT2D eigenvalue weighted by molar-refractivity contribution is 6.44. The molecule has 8 rings (SSSR count). The first kappa shape index (κ1) is 32.5. The molecular weight excluding hydrogens is 609 g/mol. The lowest BCUT2D eigenvalue weighted by Crippen LogP contribution is -2.61. The number of piperidine rings is 2. The van der Waals surface area contributed by atoms with Gasteiger partial charge in [-0.1, -0.05) is 29.8 Å². The van der Waals surface area contributed by atoms with Gasteiger partial charge in [-0.05, 0) is 77.0 Å². The molecule has 11 heteroatoms. The second-order valence-electron chi connectivity index (χ2n) is 14.7. The van der Waals surface area contributed by atoms with E-state index in [1.165, 1.54) is 31.8 Å². The van der Waals surface area contributed by atoms with Gasteiger partial charge in [0.05, 0.1) is 28.3 Å². The summed E-state index contributed by atoms with van der Waals surface area (Å²) in [6.45, 7) is 16.5. The van der Waals surface area contributed by atoms with Crippen molar-refractivity contribution in [2.75, 3.05) is 56.9 Å². The number of hydrogen-bond donors (Lipinski definition) is 2. The lowest BCUT2D eigenvalue weighted by atomic mass is 9.61. The van der Waals surface area contributed by atoms with E-state index in [2.05, 4.69) is 53.8 Å². The molecule has 1 spiro atoms. The summed E-state index contributed by atoms with van der Waals surface area (Å²) in [6.07, 6.45) is 9.76. The third-order valence-corrected chi connectivity index (χ3v) is 11.5. The van der Waals surface area contributed by atoms with Gasteiger partial charge in [0.1, 0.15) is 6.29 Å². The average Bonchev–Trinajstić information content (AvgIpc) is 3.26. The van der Waals surface area contributed by atoms with Crippen LogP contribution in [0, 0.1) is 23.7 Å². The molecule has 2 aromatic rings. The van der Waals surface area contributed by atoms with Gasteiger partial charge in [-0.3, -0.25) is 14.4 Å². The number of carbonyl (C=O) groups excluding carboxylic acids is 1. The highest BCUT2D eigenvalue weighted by Crippen LogP contribution is 2.55. The summed E-state index contributed by atoms with van der Waals surface area (Å²) in [4.78, 5) is 16.6. The van der Waals surface area contributed by atoms with Crippen molar-refractivity contribution < 1.29 is 9.53 Å². The van der Waals surface area contributed by atoms with E-state index in [0.717, 1.165) is 74.5 Å². The van der Waals surface area contributed by atoms with Gasteiger partial charge in [0.15, 0.2) is 5.82 Å². The van der Waals surface area contributed by atoms with Crippen LogP contribution in [0.3, 0.4) is 0 Å². The van der Waals surface area contributed by atoms with Crippen LogP contribution in [0.2, 0.25) is 10.0 Å². The van der Waals surface area contributed by atoms with Crippen molar-refractivity contribution in [3.05, 3.63) is 40.0 Å². The summed E-state index contributed by atoms with van der Waals surface area (Å²) in [5.41, 5.74) is 10.6. The van der Waals surface area contributed by atoms with Crippen LogP contribution in [0.4, 0.5) is 11.5 Å². The Kier molecular flexibility index (Phi) is 8.89. The summed E-state index contributed by atoms with van der Waals surface area (Å²) in [5.74, 6) is 1.58. The summed E-state index contributed by atoms with van der Waals surface area (Å²) in [5, 5.41) is 14.5. The molecule has 6 fully saturated rings. The Morgan fingerprint density at radius 3 is 2.38 bits per heavy atom. The lowest BCUT2D eigenvalue weighted by Gasteiger charge is -2.58. The van der Waals surface area contributed by atoms with Gasteiger partial charge in [-0.2, -0.15) is 5.10 Å². The van der Waals surface area contributed by atoms with Gasteiger partial charge < -0.3 is 25.7 Å². The molecule has 1 aromatic heterocycles. The molecule has 1 aliphatic carbocycles. The number of nitrogens with one attached hydrogen (secondary N) is 1. The normalized spacial score (nSPS) is 27.1. The summed E-state index contributed by atoms with van der Waals surface area (Å²) < 4.78 is 8.13. The van der Waals surface area contributed by atoms with E-state index in [4.69, 9.17) is 49.0 Å². The van der Waals surface area contributed by atoms with E-state index in [9.17, 15) is 0 Å². The van der Waals surface area contributed by atoms with E-state index in [0.29, 0.717) is 57.2 Å². The highest BCUT2D eigenvalue weighted by Gasteiger charge is 2.53. The number of allylic oxidation sites excluding steroid dienone is 1. The van der Waals surface area contributed by atoms with Crippen LogP contribution in [-0.4, -0.2) is 96.1 Å². The molecular formula is C34H47Cl2N7O2. The van der Waals surface area contributed by atoms with Crippen molar-refractivity contribution >= 4 is 47.2 Å². The number of morpholine rings is 1. The molecule has 6 aliphatic rings. The van der Waals surface area contributed by atoms with Gasteiger partial charge in [0.25, 0.3) is 0 Å². The number of benzene rings is 1. The van der Waals surface area contributed by atoms with Crippen LogP contribution in [0.1, 0.15) is 63.3 Å². The molecule has 5 saturated heterocycles. The van der Waals surface area contributed by atoms with Crippen LogP contribution >= 0.6 is 23.2 Å². The number of rotatable bonds is 7. The van der Waals surface area contributed by atoms with Crippen LogP contribution in [-0.2, 0) is 9.53 Å². The number of halogens is 2. The van der Waals surface area contributed by atoms with Gasteiger partial charge in [0, 0.05) is 85.5 Å². The van der Waals surface area contributed by atoms with Crippen molar-refractivity contribution in [2.45, 2.75) is 76.7 Å². The summed E-state index contributed by atoms with van der Waals surface area (Å²) >= 11 is 13.6. The molecule has 3 N–H and O–H groups in total. The largest absolute Gasteiger partial charge is 0.398 e. The standard InChI is InChI=1S/C31H43Cl2N7O.C3H4O/c1-18-26(27-23(12-34)25(35)8-24(32)28(27)33)29(36-40(18)20-10-31(11-20)16-37(4)17-31)39-6-5-19(9-30(39,2)3)13-38-14-21-7-22(15-38)41-21;1-2-3-4/h8,12,19-22,34H,5-7,9-11,13-17,35H2,1-4H3;2-3H,1H2. The predicted octanol–water partition coefficient (Wildman–Crippen LogP) is 5.85. The zero-order valence-corrected chi connectivity index (χ0v) is 28.5. The van der Waals surface area contributed by atoms with Crippen molar-refractivity contribution in [1.29, 1.82) is 5.41 Å². The maximum atomic E-state index is 9.06. The van der Waals surface area contributed by atoms with Crippen molar-refractivity contribution in [2.24, 2.45) is 11.3 Å². The molecule has 244 valence electrons. The number of likely N-dealkylation sites (tertiary alicyclic amines) is 1.